The molecule has 1 aliphatic heterocycles. The number of anilines is 3. The number of carbonyl (C=O) groups excluding carboxylic acids is 1. The van der Waals surface area contributed by atoms with Gasteiger partial charge in [-0.3, -0.25) is 4.79 Å². The van der Waals surface area contributed by atoms with E-state index in [1.807, 2.05) is 25.1 Å². The summed E-state index contributed by atoms with van der Waals surface area (Å²) in [4.78, 5) is 20.9. The third-order valence-corrected chi connectivity index (χ3v) is 4.52. The smallest absolute Gasteiger partial charge is 0.274 e. The number of carbonyl (C=O) groups is 1. The van der Waals surface area contributed by atoms with Gasteiger partial charge in [0, 0.05) is 28.7 Å². The molecule has 0 atom stereocenters. The molecule has 0 fully saturated rings. The Morgan fingerprint density at radius 3 is 2.64 bits per heavy atom. The number of rotatable bonds is 4. The lowest BCUT2D eigenvalue weighted by Crippen LogP contribution is -2.16. The molecule has 3 aromatic rings. The van der Waals surface area contributed by atoms with Gasteiger partial charge >= 0.3 is 0 Å². The molecule has 142 valence electrons. The minimum absolute atomic E-state index is 0.228. The fourth-order valence-corrected chi connectivity index (χ4v) is 2.84. The number of fused-ring (bicyclic) bond motifs is 1. The van der Waals surface area contributed by atoms with Crippen LogP contribution in [0.4, 0.5) is 17.3 Å². The quantitative estimate of drug-likeness (QED) is 0.687. The van der Waals surface area contributed by atoms with Crippen molar-refractivity contribution in [1.29, 1.82) is 0 Å². The first kappa shape index (κ1) is 18.1. The summed E-state index contributed by atoms with van der Waals surface area (Å²) in [5.41, 5.74) is 2.49. The molecule has 8 heteroatoms. The number of hydrogen-bond acceptors (Lipinski definition) is 6. The molecule has 1 amide bonds. The van der Waals surface area contributed by atoms with Gasteiger partial charge in [-0.1, -0.05) is 17.7 Å². The highest BCUT2D eigenvalue weighted by molar-refractivity contribution is 6.31. The maximum Gasteiger partial charge on any atom is 0.274 e. The number of aryl methyl sites for hydroxylation is 1. The fraction of sp³-hybridized carbons (Fsp3) is 0.150. The molecule has 2 N–H and O–H groups in total. The molecule has 0 radical (unpaired) electrons. The molecule has 0 aliphatic carbocycles. The minimum atomic E-state index is -0.354. The number of aromatic nitrogens is 2. The highest BCUT2D eigenvalue weighted by Gasteiger charge is 2.13. The first-order valence-corrected chi connectivity index (χ1v) is 9.03. The topological polar surface area (TPSA) is 85.4 Å². The fourth-order valence-electron chi connectivity index (χ4n) is 2.66. The summed E-state index contributed by atoms with van der Waals surface area (Å²) in [6.45, 7) is 2.94. The van der Waals surface area contributed by atoms with Crippen LogP contribution in [0, 0.1) is 6.92 Å². The Morgan fingerprint density at radius 1 is 1.04 bits per heavy atom. The van der Waals surface area contributed by atoms with E-state index < -0.39 is 0 Å². The van der Waals surface area contributed by atoms with Gasteiger partial charge in [0.1, 0.15) is 18.9 Å². The van der Waals surface area contributed by atoms with Gasteiger partial charge in [0.25, 0.3) is 5.91 Å². The van der Waals surface area contributed by atoms with Crippen molar-refractivity contribution in [2.24, 2.45) is 0 Å². The second kappa shape index (κ2) is 7.74. The molecule has 0 saturated heterocycles. The van der Waals surface area contributed by atoms with Crippen LogP contribution in [0.25, 0.3) is 0 Å². The van der Waals surface area contributed by atoms with E-state index in [4.69, 9.17) is 21.1 Å². The summed E-state index contributed by atoms with van der Waals surface area (Å²) in [5, 5.41) is 6.44. The number of nitrogens with one attached hydrogen (secondary N) is 2. The molecule has 0 saturated carbocycles. The van der Waals surface area contributed by atoms with Crippen LogP contribution in [0.1, 0.15) is 16.1 Å². The third kappa shape index (κ3) is 3.99. The third-order valence-electron chi connectivity index (χ3n) is 4.12. The lowest BCUT2D eigenvalue weighted by atomic mass is 10.2. The van der Waals surface area contributed by atoms with Crippen LogP contribution in [-0.2, 0) is 0 Å². The van der Waals surface area contributed by atoms with Gasteiger partial charge in [-0.2, -0.15) is 0 Å². The van der Waals surface area contributed by atoms with E-state index in [9.17, 15) is 4.79 Å². The summed E-state index contributed by atoms with van der Waals surface area (Å²) < 4.78 is 11.1. The Bertz CT molecular complexity index is 1040. The molecule has 0 bridgehead atoms. The molecule has 2 heterocycles. The van der Waals surface area contributed by atoms with Crippen LogP contribution in [0.2, 0.25) is 5.02 Å². The highest BCUT2D eigenvalue weighted by atomic mass is 35.5. The average Bonchev–Trinajstić information content (AvgIpc) is 2.71. The Morgan fingerprint density at radius 2 is 1.82 bits per heavy atom. The van der Waals surface area contributed by atoms with Gasteiger partial charge in [0.15, 0.2) is 11.5 Å². The zero-order valence-electron chi connectivity index (χ0n) is 15.0. The van der Waals surface area contributed by atoms with E-state index in [-0.39, 0.29) is 11.6 Å². The Hall–Kier alpha value is -3.32. The SMILES string of the molecule is Cc1ccc(NC(=O)c2ccnc(Nc3ccc4c(c3)OCCO4)n2)cc1Cl. The molecule has 1 aliphatic rings. The second-order valence-electron chi connectivity index (χ2n) is 6.17. The van der Waals surface area contributed by atoms with Crippen LogP contribution in [-0.4, -0.2) is 29.1 Å². The van der Waals surface area contributed by atoms with Gasteiger partial charge in [-0.15, -0.1) is 0 Å². The van der Waals surface area contributed by atoms with Crippen LogP contribution < -0.4 is 20.1 Å². The van der Waals surface area contributed by atoms with Crippen LogP contribution in [0.3, 0.4) is 0 Å². The Labute approximate surface area is 166 Å². The van der Waals surface area contributed by atoms with Crippen LogP contribution >= 0.6 is 11.6 Å². The van der Waals surface area contributed by atoms with Crippen molar-refractivity contribution in [2.75, 3.05) is 23.8 Å². The number of amides is 1. The predicted octanol–water partition coefficient (Wildman–Crippen LogP) is 4.21. The van der Waals surface area contributed by atoms with Crippen molar-refractivity contribution < 1.29 is 14.3 Å². The van der Waals surface area contributed by atoms with E-state index >= 15 is 0 Å². The van der Waals surface area contributed by atoms with Gasteiger partial charge < -0.3 is 20.1 Å². The maximum absolute atomic E-state index is 12.5. The van der Waals surface area contributed by atoms with Gasteiger partial charge in [0.05, 0.1) is 0 Å². The van der Waals surface area contributed by atoms with Gasteiger partial charge in [-0.25, -0.2) is 9.97 Å². The lowest BCUT2D eigenvalue weighted by Gasteiger charge is -2.19. The summed E-state index contributed by atoms with van der Waals surface area (Å²) in [7, 11) is 0. The summed E-state index contributed by atoms with van der Waals surface area (Å²) in [5.74, 6) is 1.29. The predicted molar refractivity (Wildman–Crippen MR) is 107 cm³/mol. The number of ether oxygens (including phenoxy) is 2. The standard InChI is InChI=1S/C20H17ClN4O3/c1-12-2-3-13(10-15(12)21)23-19(26)16-6-7-22-20(25-16)24-14-4-5-17-18(11-14)28-9-8-27-17/h2-7,10-11H,8-9H2,1H3,(H,23,26)(H,22,24,25). The van der Waals surface area contributed by atoms with E-state index in [0.29, 0.717) is 41.4 Å². The maximum atomic E-state index is 12.5. The molecule has 0 unspecified atom stereocenters. The first-order valence-electron chi connectivity index (χ1n) is 8.66. The number of benzene rings is 2. The Balaban J connectivity index is 1.49. The molecular weight excluding hydrogens is 380 g/mol. The molecule has 4 rings (SSSR count). The van der Waals surface area contributed by atoms with Gasteiger partial charge in [-0.05, 0) is 42.8 Å². The molecule has 0 spiro atoms. The molecule has 7 nitrogen and oxygen atoms in total. The van der Waals surface area contributed by atoms with Crippen molar-refractivity contribution in [2.45, 2.75) is 6.92 Å². The zero-order valence-corrected chi connectivity index (χ0v) is 15.8. The summed E-state index contributed by atoms with van der Waals surface area (Å²) >= 11 is 6.10. The molecule has 1 aromatic heterocycles. The van der Waals surface area contributed by atoms with E-state index in [0.717, 1.165) is 11.3 Å². The zero-order chi connectivity index (χ0) is 19.5. The Kier molecular flexibility index (Phi) is 4.99. The largest absolute Gasteiger partial charge is 0.486 e. The average molecular weight is 397 g/mol. The molecule has 2 aromatic carbocycles. The number of nitrogens with zero attached hydrogens (tertiary/aromatic N) is 2. The minimum Gasteiger partial charge on any atom is -0.486 e. The van der Waals surface area contributed by atoms with Crippen molar-refractivity contribution >= 4 is 34.8 Å². The monoisotopic (exact) mass is 396 g/mol. The number of hydrogen-bond donors (Lipinski definition) is 2. The van der Waals surface area contributed by atoms with Crippen molar-refractivity contribution in [1.82, 2.24) is 9.97 Å². The van der Waals surface area contributed by atoms with Crippen LogP contribution in [0.5, 0.6) is 11.5 Å². The number of halogens is 1. The normalized spacial score (nSPS) is 12.4. The van der Waals surface area contributed by atoms with Crippen molar-refractivity contribution in [3.05, 3.63) is 64.9 Å². The van der Waals surface area contributed by atoms with Gasteiger partial charge in [0.2, 0.25) is 5.95 Å². The molecule has 28 heavy (non-hydrogen) atoms. The summed E-state index contributed by atoms with van der Waals surface area (Å²) in [6, 6.07) is 12.3. The second-order valence-corrected chi connectivity index (χ2v) is 6.57. The van der Waals surface area contributed by atoms with Crippen molar-refractivity contribution in [3.8, 4) is 11.5 Å². The van der Waals surface area contributed by atoms with Crippen molar-refractivity contribution in [3.63, 3.8) is 0 Å². The highest BCUT2D eigenvalue weighted by Crippen LogP contribution is 2.33. The lowest BCUT2D eigenvalue weighted by molar-refractivity contribution is 0.102. The van der Waals surface area contributed by atoms with Crippen LogP contribution in [0.15, 0.2) is 48.7 Å². The van der Waals surface area contributed by atoms with E-state index in [1.165, 1.54) is 6.20 Å². The van der Waals surface area contributed by atoms with E-state index in [1.54, 1.807) is 24.3 Å². The molecular formula is C20H17ClN4O3. The summed E-state index contributed by atoms with van der Waals surface area (Å²) in [6.07, 6.45) is 1.52. The first-order chi connectivity index (χ1) is 13.6. The van der Waals surface area contributed by atoms with E-state index in [2.05, 4.69) is 20.6 Å².